The van der Waals surface area contributed by atoms with E-state index in [-0.39, 0.29) is 17.9 Å². The standard InChI is InChI=1S/C30H35N3O2S/c1-22-8-10-24(11-9-22)30(35)33-16-5-15-31(19-20-33)28(34)13-18-32-17-12-27-26(14-21-36-27)29(32)25-7-4-3-6-23(25)2/h3-4,6-11,14,21,29H,5,12-13,15-20H2,1-2H3/t29-/m0/s1. The van der Waals surface area contributed by atoms with Gasteiger partial charge in [0.2, 0.25) is 5.91 Å². The van der Waals surface area contributed by atoms with Gasteiger partial charge in [-0.2, -0.15) is 0 Å². The van der Waals surface area contributed by atoms with Crippen LogP contribution in [-0.4, -0.2) is 65.8 Å². The molecule has 5 rings (SSSR count). The van der Waals surface area contributed by atoms with Crippen LogP contribution in [0, 0.1) is 13.8 Å². The van der Waals surface area contributed by atoms with Crippen molar-refractivity contribution in [1.82, 2.24) is 14.7 Å². The van der Waals surface area contributed by atoms with Gasteiger partial charge in [0.15, 0.2) is 0 Å². The summed E-state index contributed by atoms with van der Waals surface area (Å²) >= 11 is 1.85. The Kier molecular flexibility index (Phi) is 7.54. The zero-order chi connectivity index (χ0) is 25.1. The molecular weight excluding hydrogens is 466 g/mol. The topological polar surface area (TPSA) is 43.9 Å². The molecule has 0 N–H and O–H groups in total. The Morgan fingerprint density at radius 1 is 0.861 bits per heavy atom. The minimum Gasteiger partial charge on any atom is -0.341 e. The van der Waals surface area contributed by atoms with E-state index < -0.39 is 0 Å². The number of rotatable bonds is 5. The number of amides is 2. The monoisotopic (exact) mass is 501 g/mol. The van der Waals surface area contributed by atoms with E-state index in [1.807, 2.05) is 52.3 Å². The zero-order valence-corrected chi connectivity index (χ0v) is 22.1. The lowest BCUT2D eigenvalue weighted by atomic mass is 9.90. The predicted molar refractivity (Wildman–Crippen MR) is 146 cm³/mol. The molecule has 2 aromatic carbocycles. The number of fused-ring (bicyclic) bond motifs is 1. The van der Waals surface area contributed by atoms with E-state index in [9.17, 15) is 9.59 Å². The van der Waals surface area contributed by atoms with Crippen molar-refractivity contribution in [2.75, 3.05) is 39.3 Å². The van der Waals surface area contributed by atoms with Gasteiger partial charge < -0.3 is 9.80 Å². The normalized spacial score (nSPS) is 18.6. The van der Waals surface area contributed by atoms with Crippen molar-refractivity contribution in [1.29, 1.82) is 0 Å². The molecule has 0 bridgehead atoms. The molecule has 3 heterocycles. The lowest BCUT2D eigenvalue weighted by molar-refractivity contribution is -0.131. The van der Waals surface area contributed by atoms with Crippen molar-refractivity contribution in [2.24, 2.45) is 0 Å². The molecule has 0 saturated carbocycles. The molecule has 0 spiro atoms. The van der Waals surface area contributed by atoms with Crippen LogP contribution in [0.2, 0.25) is 0 Å². The smallest absolute Gasteiger partial charge is 0.253 e. The molecule has 2 amide bonds. The van der Waals surface area contributed by atoms with Gasteiger partial charge in [0.25, 0.3) is 5.91 Å². The lowest BCUT2D eigenvalue weighted by Gasteiger charge is -2.37. The Morgan fingerprint density at radius 2 is 1.61 bits per heavy atom. The fourth-order valence-electron chi connectivity index (χ4n) is 5.51. The molecule has 0 aliphatic carbocycles. The van der Waals surface area contributed by atoms with Crippen LogP contribution in [0.4, 0.5) is 0 Å². The summed E-state index contributed by atoms with van der Waals surface area (Å²) < 4.78 is 0. The third kappa shape index (κ3) is 5.25. The zero-order valence-electron chi connectivity index (χ0n) is 21.3. The fourth-order valence-corrected chi connectivity index (χ4v) is 6.42. The molecular formula is C30H35N3O2S. The first-order valence-corrected chi connectivity index (χ1v) is 13.9. The number of thiophene rings is 1. The largest absolute Gasteiger partial charge is 0.341 e. The first kappa shape index (κ1) is 24.7. The first-order chi connectivity index (χ1) is 17.5. The summed E-state index contributed by atoms with van der Waals surface area (Å²) in [5.74, 6) is 0.254. The van der Waals surface area contributed by atoms with Crippen LogP contribution in [0.3, 0.4) is 0 Å². The molecule has 2 aliphatic rings. The maximum absolute atomic E-state index is 13.3. The highest BCUT2D eigenvalue weighted by molar-refractivity contribution is 7.10. The number of carbonyl (C=O) groups excluding carboxylic acids is 2. The van der Waals surface area contributed by atoms with Crippen LogP contribution in [0.25, 0.3) is 0 Å². The lowest BCUT2D eigenvalue weighted by Crippen LogP contribution is -2.41. The highest BCUT2D eigenvalue weighted by atomic mass is 32.1. The molecule has 36 heavy (non-hydrogen) atoms. The van der Waals surface area contributed by atoms with E-state index in [2.05, 4.69) is 47.5 Å². The van der Waals surface area contributed by atoms with Gasteiger partial charge in [-0.3, -0.25) is 14.5 Å². The second kappa shape index (κ2) is 11.0. The molecule has 6 heteroatoms. The van der Waals surface area contributed by atoms with Gasteiger partial charge >= 0.3 is 0 Å². The van der Waals surface area contributed by atoms with Gasteiger partial charge in [-0.25, -0.2) is 0 Å². The Morgan fingerprint density at radius 3 is 2.42 bits per heavy atom. The Labute approximate surface area is 218 Å². The third-order valence-electron chi connectivity index (χ3n) is 7.60. The van der Waals surface area contributed by atoms with Crippen LogP contribution < -0.4 is 0 Å². The Hall–Kier alpha value is -2.96. The van der Waals surface area contributed by atoms with Crippen molar-refractivity contribution in [3.8, 4) is 0 Å². The molecule has 2 aliphatic heterocycles. The highest BCUT2D eigenvalue weighted by Crippen LogP contribution is 2.38. The van der Waals surface area contributed by atoms with Gasteiger partial charge in [0.05, 0.1) is 6.04 Å². The van der Waals surface area contributed by atoms with Crippen molar-refractivity contribution in [3.05, 3.63) is 92.7 Å². The van der Waals surface area contributed by atoms with Gasteiger partial charge in [-0.1, -0.05) is 42.0 Å². The van der Waals surface area contributed by atoms with E-state index in [4.69, 9.17) is 0 Å². The Bertz CT molecular complexity index is 1220. The van der Waals surface area contributed by atoms with Gasteiger partial charge in [-0.15, -0.1) is 11.3 Å². The summed E-state index contributed by atoms with van der Waals surface area (Å²) in [7, 11) is 0. The van der Waals surface area contributed by atoms with Crippen molar-refractivity contribution >= 4 is 23.2 Å². The second-order valence-corrected chi connectivity index (χ2v) is 11.0. The van der Waals surface area contributed by atoms with Crippen LogP contribution in [0.5, 0.6) is 0 Å². The second-order valence-electron chi connectivity index (χ2n) is 9.99. The van der Waals surface area contributed by atoms with Gasteiger partial charge in [-0.05, 0) is 67.0 Å². The summed E-state index contributed by atoms with van der Waals surface area (Å²) in [6.45, 7) is 8.52. The summed E-state index contributed by atoms with van der Waals surface area (Å²) in [5, 5.41) is 2.20. The molecule has 1 aromatic heterocycles. The van der Waals surface area contributed by atoms with E-state index in [0.29, 0.717) is 32.6 Å². The molecule has 1 fully saturated rings. The molecule has 0 unspecified atom stereocenters. The molecule has 1 saturated heterocycles. The number of benzene rings is 2. The van der Waals surface area contributed by atoms with Gasteiger partial charge in [0, 0.05) is 56.1 Å². The summed E-state index contributed by atoms with van der Waals surface area (Å²) in [6.07, 6.45) is 2.37. The van der Waals surface area contributed by atoms with E-state index in [0.717, 1.165) is 37.1 Å². The van der Waals surface area contributed by atoms with Crippen LogP contribution in [-0.2, 0) is 11.2 Å². The quantitative estimate of drug-likeness (QED) is 0.490. The van der Waals surface area contributed by atoms with Crippen LogP contribution >= 0.6 is 11.3 Å². The molecule has 3 aromatic rings. The minimum atomic E-state index is 0.0604. The number of carbonyl (C=O) groups is 2. The highest BCUT2D eigenvalue weighted by Gasteiger charge is 2.31. The van der Waals surface area contributed by atoms with Crippen molar-refractivity contribution < 1.29 is 9.59 Å². The van der Waals surface area contributed by atoms with E-state index in [1.165, 1.54) is 21.6 Å². The predicted octanol–water partition coefficient (Wildman–Crippen LogP) is 5.08. The molecule has 0 radical (unpaired) electrons. The first-order valence-electron chi connectivity index (χ1n) is 13.0. The Balaban J connectivity index is 1.22. The average Bonchev–Trinajstić information content (AvgIpc) is 3.23. The average molecular weight is 502 g/mol. The molecule has 188 valence electrons. The number of hydrogen-bond acceptors (Lipinski definition) is 4. The number of nitrogens with zero attached hydrogens (tertiary/aromatic N) is 3. The molecule has 1 atom stereocenters. The van der Waals surface area contributed by atoms with Crippen molar-refractivity contribution in [2.45, 2.75) is 39.2 Å². The molecule has 5 nitrogen and oxygen atoms in total. The number of hydrogen-bond donors (Lipinski definition) is 0. The summed E-state index contributed by atoms with van der Waals surface area (Å²) in [4.78, 5) is 34.1. The summed E-state index contributed by atoms with van der Waals surface area (Å²) in [5.41, 5.74) is 5.90. The van der Waals surface area contributed by atoms with E-state index in [1.54, 1.807) is 0 Å². The van der Waals surface area contributed by atoms with Crippen LogP contribution in [0.15, 0.2) is 60.0 Å². The maximum Gasteiger partial charge on any atom is 0.253 e. The fraction of sp³-hybridized carbons (Fsp3) is 0.400. The van der Waals surface area contributed by atoms with Crippen molar-refractivity contribution in [3.63, 3.8) is 0 Å². The summed E-state index contributed by atoms with van der Waals surface area (Å²) in [6, 6.07) is 18.8. The number of aryl methyl sites for hydroxylation is 2. The van der Waals surface area contributed by atoms with E-state index >= 15 is 0 Å². The maximum atomic E-state index is 13.3. The minimum absolute atomic E-state index is 0.0604. The van der Waals surface area contributed by atoms with Gasteiger partial charge in [0.1, 0.15) is 0 Å². The van der Waals surface area contributed by atoms with Crippen LogP contribution in [0.1, 0.15) is 56.4 Å². The third-order valence-corrected chi connectivity index (χ3v) is 8.59. The SMILES string of the molecule is Cc1ccc(C(=O)N2CCCN(C(=O)CCN3CCc4sccc4[C@@H]3c3ccccc3C)CC2)cc1.